The van der Waals surface area contributed by atoms with Crippen LogP contribution in [0.3, 0.4) is 0 Å². The molecule has 0 radical (unpaired) electrons. The molecular weight excluding hydrogens is 423 g/mol. The molecule has 0 aliphatic rings. The van der Waals surface area contributed by atoms with Gasteiger partial charge in [0.15, 0.2) is 5.96 Å². The van der Waals surface area contributed by atoms with Gasteiger partial charge in [0.1, 0.15) is 10.8 Å². The fourth-order valence-corrected chi connectivity index (χ4v) is 2.91. The van der Waals surface area contributed by atoms with Crippen molar-refractivity contribution in [2.45, 2.75) is 20.0 Å². The van der Waals surface area contributed by atoms with Gasteiger partial charge in [0.05, 0.1) is 13.7 Å². The van der Waals surface area contributed by atoms with Crippen molar-refractivity contribution in [1.29, 1.82) is 0 Å². The molecule has 0 spiro atoms. The van der Waals surface area contributed by atoms with Crippen LogP contribution in [-0.4, -0.2) is 37.0 Å². The Balaban J connectivity index is 0.00000264. The van der Waals surface area contributed by atoms with Gasteiger partial charge in [-0.2, -0.15) is 0 Å². The number of rotatable bonds is 5. The summed E-state index contributed by atoms with van der Waals surface area (Å²) >= 11 is 1.69. The van der Waals surface area contributed by atoms with Crippen LogP contribution in [-0.2, 0) is 13.1 Å². The van der Waals surface area contributed by atoms with E-state index in [1.165, 1.54) is 4.88 Å². The van der Waals surface area contributed by atoms with E-state index in [4.69, 9.17) is 4.74 Å². The Kier molecular flexibility index (Phi) is 8.32. The molecule has 0 bridgehead atoms. The molecule has 0 saturated heterocycles. The Morgan fingerprint density at radius 3 is 2.74 bits per heavy atom. The number of benzene rings is 1. The number of guanidine groups is 1. The molecule has 0 atom stereocenters. The maximum absolute atomic E-state index is 5.40. The number of aryl methyl sites for hydroxylation is 1. The number of aliphatic imine (C=N–C) groups is 1. The van der Waals surface area contributed by atoms with Gasteiger partial charge >= 0.3 is 0 Å². The predicted molar refractivity (Wildman–Crippen MR) is 107 cm³/mol. The number of hydrogen-bond acceptors (Lipinski definition) is 4. The highest BCUT2D eigenvalue weighted by molar-refractivity contribution is 14.0. The summed E-state index contributed by atoms with van der Waals surface area (Å²) in [6, 6.07) is 8.02. The molecule has 2 rings (SSSR count). The van der Waals surface area contributed by atoms with Gasteiger partial charge in [-0.1, -0.05) is 18.2 Å². The van der Waals surface area contributed by atoms with Crippen molar-refractivity contribution in [2.75, 3.05) is 21.2 Å². The standard InChI is InChI=1S/C16H22N4OS.HI/c1-12-9-18-15(22-12)10-19-16(17-2)20(3)11-13-7-5-6-8-14(13)21-4;/h5-9H,10-11H2,1-4H3,(H,17,19);1H. The maximum atomic E-state index is 5.40. The number of nitrogens with zero attached hydrogens (tertiary/aromatic N) is 3. The lowest BCUT2D eigenvalue weighted by molar-refractivity contribution is 0.396. The minimum Gasteiger partial charge on any atom is -0.496 e. The maximum Gasteiger partial charge on any atom is 0.194 e. The van der Waals surface area contributed by atoms with Crippen molar-refractivity contribution < 1.29 is 4.74 Å². The number of aromatic nitrogens is 1. The molecule has 126 valence electrons. The van der Waals surface area contributed by atoms with Gasteiger partial charge in [-0.15, -0.1) is 35.3 Å². The van der Waals surface area contributed by atoms with E-state index in [-0.39, 0.29) is 24.0 Å². The van der Waals surface area contributed by atoms with Crippen LogP contribution in [0.15, 0.2) is 35.5 Å². The van der Waals surface area contributed by atoms with Gasteiger partial charge in [0, 0.05) is 37.3 Å². The van der Waals surface area contributed by atoms with Crippen LogP contribution in [0.4, 0.5) is 0 Å². The van der Waals surface area contributed by atoms with Crippen LogP contribution in [0.2, 0.25) is 0 Å². The summed E-state index contributed by atoms with van der Waals surface area (Å²) in [5, 5.41) is 4.40. The summed E-state index contributed by atoms with van der Waals surface area (Å²) < 4.78 is 5.40. The highest BCUT2D eigenvalue weighted by Crippen LogP contribution is 2.18. The van der Waals surface area contributed by atoms with E-state index in [0.29, 0.717) is 6.54 Å². The molecule has 1 N–H and O–H groups in total. The van der Waals surface area contributed by atoms with Gasteiger partial charge < -0.3 is 15.0 Å². The number of nitrogens with one attached hydrogen (secondary N) is 1. The Hall–Kier alpha value is -1.35. The zero-order valence-corrected chi connectivity index (χ0v) is 17.0. The van der Waals surface area contributed by atoms with Crippen LogP contribution < -0.4 is 10.1 Å². The van der Waals surface area contributed by atoms with Crippen molar-refractivity contribution >= 4 is 41.3 Å². The van der Waals surface area contributed by atoms with Crippen LogP contribution >= 0.6 is 35.3 Å². The number of thiazole rings is 1. The zero-order valence-electron chi connectivity index (χ0n) is 13.9. The third kappa shape index (κ3) is 5.65. The average Bonchev–Trinajstić information content (AvgIpc) is 2.94. The number of para-hydroxylation sites is 1. The van der Waals surface area contributed by atoms with E-state index in [1.807, 2.05) is 31.4 Å². The minimum absolute atomic E-state index is 0. The highest BCUT2D eigenvalue weighted by atomic mass is 127. The lowest BCUT2D eigenvalue weighted by Crippen LogP contribution is -2.38. The van der Waals surface area contributed by atoms with E-state index in [9.17, 15) is 0 Å². The Morgan fingerprint density at radius 2 is 2.13 bits per heavy atom. The SMILES string of the molecule is CN=C(NCc1ncc(C)s1)N(C)Cc1ccccc1OC.I. The average molecular weight is 446 g/mol. The lowest BCUT2D eigenvalue weighted by atomic mass is 10.2. The molecular formula is C16H23IN4OS. The van der Waals surface area contributed by atoms with Crippen molar-refractivity contribution in [1.82, 2.24) is 15.2 Å². The minimum atomic E-state index is 0. The third-order valence-electron chi connectivity index (χ3n) is 3.24. The van der Waals surface area contributed by atoms with E-state index in [0.717, 1.165) is 28.8 Å². The Bertz CT molecular complexity index is 645. The van der Waals surface area contributed by atoms with E-state index < -0.39 is 0 Å². The lowest BCUT2D eigenvalue weighted by Gasteiger charge is -2.22. The third-order valence-corrected chi connectivity index (χ3v) is 4.15. The summed E-state index contributed by atoms with van der Waals surface area (Å²) in [6.45, 7) is 3.46. The summed E-state index contributed by atoms with van der Waals surface area (Å²) in [6.07, 6.45) is 1.89. The molecule has 0 unspecified atom stereocenters. The molecule has 0 saturated carbocycles. The molecule has 0 aliphatic heterocycles. The second-order valence-electron chi connectivity index (χ2n) is 4.93. The van der Waals surface area contributed by atoms with Crippen LogP contribution in [0.5, 0.6) is 5.75 Å². The summed E-state index contributed by atoms with van der Waals surface area (Å²) in [5.41, 5.74) is 1.13. The molecule has 7 heteroatoms. The van der Waals surface area contributed by atoms with Gasteiger partial charge in [-0.25, -0.2) is 4.98 Å². The topological polar surface area (TPSA) is 49.8 Å². The van der Waals surface area contributed by atoms with Crippen LogP contribution in [0.25, 0.3) is 0 Å². The highest BCUT2D eigenvalue weighted by Gasteiger charge is 2.10. The van der Waals surface area contributed by atoms with Crippen LogP contribution in [0, 0.1) is 6.92 Å². The fourth-order valence-electron chi connectivity index (χ4n) is 2.19. The molecule has 0 amide bonds. The fraction of sp³-hybridized carbons (Fsp3) is 0.375. The van der Waals surface area contributed by atoms with Crippen molar-refractivity contribution in [2.24, 2.45) is 4.99 Å². The Morgan fingerprint density at radius 1 is 1.39 bits per heavy atom. The molecule has 23 heavy (non-hydrogen) atoms. The van der Waals surface area contributed by atoms with Crippen molar-refractivity contribution in [3.05, 3.63) is 45.9 Å². The second kappa shape index (κ2) is 9.71. The molecule has 0 aliphatic carbocycles. The number of halogens is 1. The molecule has 5 nitrogen and oxygen atoms in total. The van der Waals surface area contributed by atoms with Crippen LogP contribution in [0.1, 0.15) is 15.4 Å². The van der Waals surface area contributed by atoms with Crippen molar-refractivity contribution in [3.63, 3.8) is 0 Å². The molecule has 1 heterocycles. The quantitative estimate of drug-likeness (QED) is 0.435. The van der Waals surface area contributed by atoms with Gasteiger partial charge in [0.2, 0.25) is 0 Å². The van der Waals surface area contributed by atoms with Crippen molar-refractivity contribution in [3.8, 4) is 5.75 Å². The first-order valence-corrected chi connectivity index (χ1v) is 7.90. The number of methoxy groups -OCH3 is 1. The Labute approximate surface area is 158 Å². The normalized spacial score (nSPS) is 10.9. The first kappa shape index (κ1) is 19.7. The zero-order chi connectivity index (χ0) is 15.9. The predicted octanol–water partition coefficient (Wildman–Crippen LogP) is 3.29. The van der Waals surface area contributed by atoms with Gasteiger partial charge in [-0.05, 0) is 13.0 Å². The van der Waals surface area contributed by atoms with Gasteiger partial charge in [-0.3, -0.25) is 4.99 Å². The molecule has 2 aromatic rings. The molecule has 1 aromatic heterocycles. The number of hydrogen-bond donors (Lipinski definition) is 1. The monoisotopic (exact) mass is 446 g/mol. The van der Waals surface area contributed by atoms with E-state index in [1.54, 1.807) is 25.5 Å². The first-order valence-electron chi connectivity index (χ1n) is 7.09. The first-order chi connectivity index (χ1) is 10.6. The molecule has 0 fully saturated rings. The summed E-state index contributed by atoms with van der Waals surface area (Å²) in [5.74, 6) is 1.72. The summed E-state index contributed by atoms with van der Waals surface area (Å²) in [4.78, 5) is 12.0. The second-order valence-corrected chi connectivity index (χ2v) is 6.25. The molecule has 1 aromatic carbocycles. The van der Waals surface area contributed by atoms with E-state index >= 15 is 0 Å². The summed E-state index contributed by atoms with van der Waals surface area (Å²) in [7, 11) is 5.49. The number of ether oxygens (including phenoxy) is 1. The largest absolute Gasteiger partial charge is 0.496 e. The smallest absolute Gasteiger partial charge is 0.194 e. The van der Waals surface area contributed by atoms with E-state index in [2.05, 4.69) is 33.2 Å². The van der Waals surface area contributed by atoms with Gasteiger partial charge in [0.25, 0.3) is 0 Å².